The Balaban J connectivity index is 2.56. The molecule has 0 saturated carbocycles. The lowest BCUT2D eigenvalue weighted by Crippen LogP contribution is -2.03. The van der Waals surface area contributed by atoms with E-state index < -0.39 is 5.97 Å². The number of carboxylic acids is 1. The van der Waals surface area contributed by atoms with Crippen LogP contribution < -0.4 is 9.47 Å². The molecule has 1 N–H and O–H groups in total. The average molecular weight is 229 g/mol. The van der Waals surface area contributed by atoms with Gasteiger partial charge in [0.2, 0.25) is 0 Å². The maximum atomic E-state index is 10.9. The summed E-state index contributed by atoms with van der Waals surface area (Å²) >= 11 is 5.89. The average Bonchev–Trinajstić information content (AvgIpc) is 2.43. The highest BCUT2D eigenvalue weighted by Gasteiger charge is 2.21. The molecule has 0 saturated heterocycles. The maximum absolute atomic E-state index is 10.9. The van der Waals surface area contributed by atoms with Crippen molar-refractivity contribution in [3.05, 3.63) is 22.7 Å². The van der Waals surface area contributed by atoms with Crippen molar-refractivity contribution in [3.8, 4) is 11.5 Å². The fourth-order valence-electron chi connectivity index (χ4n) is 1.39. The second-order valence-electron chi connectivity index (χ2n) is 3.11. The fraction of sp³-hybridized carbons (Fsp3) is 0.300. The Hall–Kier alpha value is -1.42. The predicted molar refractivity (Wildman–Crippen MR) is 54.0 cm³/mol. The number of carboxylic acid groups (broad SMARTS) is 1. The third-order valence-electron chi connectivity index (χ3n) is 2.08. The number of hydrogen-bond donors (Lipinski definition) is 1. The van der Waals surface area contributed by atoms with E-state index in [1.165, 1.54) is 12.1 Å². The predicted octanol–water partition coefficient (Wildman–Crippen LogP) is 2.20. The van der Waals surface area contributed by atoms with Crippen molar-refractivity contribution < 1.29 is 19.4 Å². The molecular formula is C10H9ClO4. The van der Waals surface area contributed by atoms with Crippen molar-refractivity contribution in [2.24, 2.45) is 0 Å². The standard InChI is InChI=1S/C10H9ClO4/c11-7-3-2-6(10(12)13)8-9(7)15-5-1-4-14-8/h2-3H,1,4-5H2,(H,12,13). The quantitative estimate of drug-likeness (QED) is 0.801. The maximum Gasteiger partial charge on any atom is 0.339 e. The van der Waals surface area contributed by atoms with E-state index in [2.05, 4.69) is 0 Å². The highest BCUT2D eigenvalue weighted by molar-refractivity contribution is 6.32. The fourth-order valence-corrected chi connectivity index (χ4v) is 1.60. The zero-order valence-corrected chi connectivity index (χ0v) is 8.58. The van der Waals surface area contributed by atoms with E-state index in [0.29, 0.717) is 30.4 Å². The summed E-state index contributed by atoms with van der Waals surface area (Å²) in [4.78, 5) is 10.9. The molecule has 0 atom stereocenters. The number of fused-ring (bicyclic) bond motifs is 1. The Labute approximate surface area is 91.4 Å². The minimum Gasteiger partial charge on any atom is -0.489 e. The molecule has 5 heteroatoms. The van der Waals surface area contributed by atoms with Gasteiger partial charge in [0.15, 0.2) is 11.5 Å². The topological polar surface area (TPSA) is 55.8 Å². The van der Waals surface area contributed by atoms with Gasteiger partial charge in [0.1, 0.15) is 5.56 Å². The van der Waals surface area contributed by atoms with Gasteiger partial charge >= 0.3 is 5.97 Å². The van der Waals surface area contributed by atoms with Gasteiger partial charge in [0.05, 0.1) is 18.2 Å². The molecule has 2 rings (SSSR count). The van der Waals surface area contributed by atoms with Crippen LogP contribution in [0.15, 0.2) is 12.1 Å². The summed E-state index contributed by atoms with van der Waals surface area (Å²) in [5.41, 5.74) is 0.0799. The van der Waals surface area contributed by atoms with E-state index in [4.69, 9.17) is 26.2 Å². The van der Waals surface area contributed by atoms with Crippen LogP contribution in [0.1, 0.15) is 16.8 Å². The zero-order chi connectivity index (χ0) is 10.8. The summed E-state index contributed by atoms with van der Waals surface area (Å²) in [6.07, 6.45) is 0.712. The number of ether oxygens (including phenoxy) is 2. The van der Waals surface area contributed by atoms with Crippen LogP contribution in [-0.4, -0.2) is 24.3 Å². The van der Waals surface area contributed by atoms with Gasteiger partial charge in [-0.15, -0.1) is 0 Å². The van der Waals surface area contributed by atoms with Crippen LogP contribution in [-0.2, 0) is 0 Å². The summed E-state index contributed by atoms with van der Waals surface area (Å²) in [7, 11) is 0. The van der Waals surface area contributed by atoms with E-state index in [-0.39, 0.29) is 11.3 Å². The summed E-state index contributed by atoms with van der Waals surface area (Å²) in [6, 6.07) is 2.91. The summed E-state index contributed by atoms with van der Waals surface area (Å²) < 4.78 is 10.7. The lowest BCUT2D eigenvalue weighted by molar-refractivity contribution is 0.0692. The molecule has 4 nitrogen and oxygen atoms in total. The van der Waals surface area contributed by atoms with Gasteiger partial charge in [-0.1, -0.05) is 11.6 Å². The molecule has 0 aromatic heterocycles. The Kier molecular flexibility index (Phi) is 2.68. The molecule has 80 valence electrons. The first kappa shape index (κ1) is 10.1. The van der Waals surface area contributed by atoms with Gasteiger partial charge in [-0.25, -0.2) is 4.79 Å². The van der Waals surface area contributed by atoms with Gasteiger partial charge in [-0.3, -0.25) is 0 Å². The Morgan fingerprint density at radius 1 is 1.27 bits per heavy atom. The van der Waals surface area contributed by atoms with Crippen LogP contribution in [0, 0.1) is 0 Å². The lowest BCUT2D eigenvalue weighted by atomic mass is 10.2. The smallest absolute Gasteiger partial charge is 0.339 e. The van der Waals surface area contributed by atoms with E-state index in [1.807, 2.05) is 0 Å². The molecule has 1 aliphatic rings. The number of halogens is 1. The summed E-state index contributed by atoms with van der Waals surface area (Å²) in [5, 5.41) is 9.32. The van der Waals surface area contributed by atoms with Crippen LogP contribution >= 0.6 is 11.6 Å². The molecule has 15 heavy (non-hydrogen) atoms. The monoisotopic (exact) mass is 228 g/mol. The SMILES string of the molecule is O=C(O)c1ccc(Cl)c2c1OCCCO2. The third kappa shape index (κ3) is 1.85. The van der Waals surface area contributed by atoms with Gasteiger partial charge < -0.3 is 14.6 Å². The largest absolute Gasteiger partial charge is 0.489 e. The normalized spacial score (nSPS) is 14.5. The summed E-state index contributed by atoms with van der Waals surface area (Å²) in [5.74, 6) is -0.491. The van der Waals surface area contributed by atoms with Gasteiger partial charge in [-0.2, -0.15) is 0 Å². The molecule has 0 bridgehead atoms. The van der Waals surface area contributed by atoms with Crippen LogP contribution in [0.25, 0.3) is 0 Å². The van der Waals surface area contributed by atoms with Crippen molar-refractivity contribution in [2.75, 3.05) is 13.2 Å². The van der Waals surface area contributed by atoms with Crippen LogP contribution in [0.3, 0.4) is 0 Å². The highest BCUT2D eigenvalue weighted by Crippen LogP contribution is 2.39. The summed E-state index contributed by atoms with van der Waals surface area (Å²) in [6.45, 7) is 0.920. The molecule has 0 amide bonds. The van der Waals surface area contributed by atoms with Crippen molar-refractivity contribution in [3.63, 3.8) is 0 Å². The number of hydrogen-bond acceptors (Lipinski definition) is 3. The van der Waals surface area contributed by atoms with Crippen molar-refractivity contribution in [2.45, 2.75) is 6.42 Å². The zero-order valence-electron chi connectivity index (χ0n) is 7.83. The van der Waals surface area contributed by atoms with Crippen LogP contribution in [0.5, 0.6) is 11.5 Å². The molecule has 0 aliphatic carbocycles. The van der Waals surface area contributed by atoms with Gasteiger partial charge in [0, 0.05) is 6.42 Å². The van der Waals surface area contributed by atoms with Crippen molar-refractivity contribution in [1.82, 2.24) is 0 Å². The first-order valence-corrected chi connectivity index (χ1v) is 4.89. The number of aromatic carboxylic acids is 1. The van der Waals surface area contributed by atoms with E-state index >= 15 is 0 Å². The molecule has 0 unspecified atom stereocenters. The van der Waals surface area contributed by atoms with Crippen molar-refractivity contribution >= 4 is 17.6 Å². The first-order valence-electron chi connectivity index (χ1n) is 4.51. The number of rotatable bonds is 1. The molecule has 0 fully saturated rings. The number of benzene rings is 1. The minimum absolute atomic E-state index is 0.0799. The molecule has 1 heterocycles. The van der Waals surface area contributed by atoms with Crippen LogP contribution in [0.2, 0.25) is 5.02 Å². The molecule has 1 aromatic rings. The third-order valence-corrected chi connectivity index (χ3v) is 2.37. The molecular weight excluding hydrogens is 220 g/mol. The molecule has 1 aliphatic heterocycles. The van der Waals surface area contributed by atoms with Gasteiger partial charge in [-0.05, 0) is 12.1 Å². The highest BCUT2D eigenvalue weighted by atomic mass is 35.5. The van der Waals surface area contributed by atoms with Gasteiger partial charge in [0.25, 0.3) is 0 Å². The lowest BCUT2D eigenvalue weighted by Gasteiger charge is -2.10. The number of carbonyl (C=O) groups is 1. The Bertz CT molecular complexity index is 403. The molecule has 1 aromatic carbocycles. The van der Waals surface area contributed by atoms with Crippen LogP contribution in [0.4, 0.5) is 0 Å². The van der Waals surface area contributed by atoms with E-state index in [1.54, 1.807) is 0 Å². The molecule has 0 spiro atoms. The Morgan fingerprint density at radius 3 is 2.60 bits per heavy atom. The Morgan fingerprint density at radius 2 is 1.93 bits per heavy atom. The first-order chi connectivity index (χ1) is 7.20. The molecule has 0 radical (unpaired) electrons. The second kappa shape index (κ2) is 3.98. The van der Waals surface area contributed by atoms with E-state index in [9.17, 15) is 4.79 Å². The van der Waals surface area contributed by atoms with E-state index in [0.717, 1.165) is 0 Å². The van der Waals surface area contributed by atoms with Crippen molar-refractivity contribution in [1.29, 1.82) is 0 Å². The second-order valence-corrected chi connectivity index (χ2v) is 3.52. The minimum atomic E-state index is -1.05.